The van der Waals surface area contributed by atoms with Crippen LogP contribution in [0.25, 0.3) is 0 Å². The van der Waals surface area contributed by atoms with E-state index in [0.29, 0.717) is 5.82 Å². The minimum Gasteiger partial charge on any atom is -0.369 e. The predicted molar refractivity (Wildman–Crippen MR) is 78.2 cm³/mol. The largest absolute Gasteiger partial charge is 0.369 e. The van der Waals surface area contributed by atoms with Crippen molar-refractivity contribution in [2.75, 3.05) is 17.3 Å². The standard InChI is InChI=1S/C12H18N6S/c1-8(2)12-16-9(7-10(17-12)18-13)14-4-3-11-15-5-6-19-11/h5-8H,3-4,13H2,1-2H3,(H2,14,16,17,18). The molecule has 2 aromatic heterocycles. The van der Waals surface area contributed by atoms with Crippen LogP contribution in [-0.4, -0.2) is 21.5 Å². The first-order chi connectivity index (χ1) is 9.19. The van der Waals surface area contributed by atoms with Crippen LogP contribution in [0.2, 0.25) is 0 Å². The molecule has 0 amide bonds. The fourth-order valence-corrected chi connectivity index (χ4v) is 2.18. The summed E-state index contributed by atoms with van der Waals surface area (Å²) in [4.78, 5) is 13.0. The molecule has 2 aromatic rings. The number of nitrogens with one attached hydrogen (secondary N) is 2. The van der Waals surface area contributed by atoms with Gasteiger partial charge in [0.1, 0.15) is 17.5 Å². The Hall–Kier alpha value is -1.73. The van der Waals surface area contributed by atoms with Crippen molar-refractivity contribution >= 4 is 23.0 Å². The minimum absolute atomic E-state index is 0.257. The molecule has 0 aliphatic carbocycles. The predicted octanol–water partition coefficient (Wildman–Crippen LogP) is 2.00. The first-order valence-electron chi connectivity index (χ1n) is 6.17. The van der Waals surface area contributed by atoms with Crippen LogP contribution in [0, 0.1) is 0 Å². The summed E-state index contributed by atoms with van der Waals surface area (Å²) < 4.78 is 0. The third-order valence-electron chi connectivity index (χ3n) is 2.54. The van der Waals surface area contributed by atoms with Crippen molar-refractivity contribution in [1.29, 1.82) is 0 Å². The summed E-state index contributed by atoms with van der Waals surface area (Å²) in [6.07, 6.45) is 2.70. The molecule has 19 heavy (non-hydrogen) atoms. The number of anilines is 2. The van der Waals surface area contributed by atoms with Crippen molar-refractivity contribution in [3.05, 3.63) is 28.5 Å². The maximum absolute atomic E-state index is 5.42. The molecule has 4 N–H and O–H groups in total. The first-order valence-corrected chi connectivity index (χ1v) is 7.05. The Morgan fingerprint density at radius 1 is 1.32 bits per heavy atom. The van der Waals surface area contributed by atoms with Crippen molar-refractivity contribution in [1.82, 2.24) is 15.0 Å². The molecule has 2 heterocycles. The van der Waals surface area contributed by atoms with Crippen molar-refractivity contribution in [2.24, 2.45) is 5.84 Å². The number of aromatic nitrogens is 3. The van der Waals surface area contributed by atoms with Crippen molar-refractivity contribution < 1.29 is 0 Å². The zero-order valence-corrected chi connectivity index (χ0v) is 11.9. The highest BCUT2D eigenvalue weighted by molar-refractivity contribution is 7.09. The van der Waals surface area contributed by atoms with Crippen LogP contribution in [0.5, 0.6) is 0 Å². The van der Waals surface area contributed by atoms with E-state index < -0.39 is 0 Å². The molecule has 102 valence electrons. The van der Waals surface area contributed by atoms with Crippen LogP contribution in [0.1, 0.15) is 30.6 Å². The Kier molecular flexibility index (Phi) is 4.64. The van der Waals surface area contributed by atoms with Gasteiger partial charge in [-0.25, -0.2) is 20.8 Å². The SMILES string of the molecule is CC(C)c1nc(NN)cc(NCCc2nccs2)n1. The topological polar surface area (TPSA) is 88.8 Å². The second kappa shape index (κ2) is 6.44. The third-order valence-corrected chi connectivity index (χ3v) is 3.38. The number of nitrogens with zero attached hydrogens (tertiary/aromatic N) is 3. The van der Waals surface area contributed by atoms with Gasteiger partial charge in [-0.15, -0.1) is 11.3 Å². The number of thiazole rings is 1. The Bertz CT molecular complexity index is 511. The quantitative estimate of drug-likeness (QED) is 0.553. The minimum atomic E-state index is 0.257. The highest BCUT2D eigenvalue weighted by atomic mass is 32.1. The van der Waals surface area contributed by atoms with Crippen LogP contribution in [-0.2, 0) is 6.42 Å². The normalized spacial score (nSPS) is 10.7. The second-order valence-corrected chi connectivity index (χ2v) is 5.38. The lowest BCUT2D eigenvalue weighted by atomic mass is 10.2. The maximum atomic E-state index is 5.42. The van der Waals surface area contributed by atoms with Gasteiger partial charge in [-0.3, -0.25) is 0 Å². The summed E-state index contributed by atoms with van der Waals surface area (Å²) in [5.41, 5.74) is 2.57. The van der Waals surface area contributed by atoms with E-state index in [1.165, 1.54) is 0 Å². The summed E-state index contributed by atoms with van der Waals surface area (Å²) >= 11 is 1.66. The number of nitrogens with two attached hydrogens (primary N) is 1. The lowest BCUT2D eigenvalue weighted by Crippen LogP contribution is -2.13. The Balaban J connectivity index is 2.00. The smallest absolute Gasteiger partial charge is 0.145 e. The molecule has 0 bridgehead atoms. The van der Waals surface area contributed by atoms with Gasteiger partial charge in [0.25, 0.3) is 0 Å². The van der Waals surface area contributed by atoms with Crippen LogP contribution in [0.15, 0.2) is 17.6 Å². The van der Waals surface area contributed by atoms with E-state index in [4.69, 9.17) is 5.84 Å². The molecule has 0 unspecified atom stereocenters. The first kappa shape index (κ1) is 13.7. The van der Waals surface area contributed by atoms with E-state index in [0.717, 1.165) is 29.6 Å². The van der Waals surface area contributed by atoms with E-state index >= 15 is 0 Å². The van der Waals surface area contributed by atoms with Gasteiger partial charge in [-0.2, -0.15) is 0 Å². The molecule has 0 aliphatic rings. The maximum Gasteiger partial charge on any atom is 0.145 e. The molecule has 0 aliphatic heterocycles. The number of hydrogen-bond acceptors (Lipinski definition) is 7. The van der Waals surface area contributed by atoms with Gasteiger partial charge >= 0.3 is 0 Å². The van der Waals surface area contributed by atoms with Crippen LogP contribution >= 0.6 is 11.3 Å². The van der Waals surface area contributed by atoms with Crippen LogP contribution in [0.4, 0.5) is 11.6 Å². The van der Waals surface area contributed by atoms with Gasteiger partial charge in [0, 0.05) is 36.5 Å². The fraction of sp³-hybridized carbons (Fsp3) is 0.417. The highest BCUT2D eigenvalue weighted by Crippen LogP contribution is 2.16. The molecule has 0 aromatic carbocycles. The molecular formula is C12H18N6S. The lowest BCUT2D eigenvalue weighted by molar-refractivity contribution is 0.775. The van der Waals surface area contributed by atoms with E-state index in [2.05, 4.69) is 39.5 Å². The summed E-state index contributed by atoms with van der Waals surface area (Å²) in [7, 11) is 0. The molecule has 0 saturated heterocycles. The van der Waals surface area contributed by atoms with Crippen molar-refractivity contribution in [3.8, 4) is 0 Å². The van der Waals surface area contributed by atoms with Gasteiger partial charge in [-0.05, 0) is 0 Å². The molecule has 2 rings (SSSR count). The summed E-state index contributed by atoms with van der Waals surface area (Å²) in [5, 5.41) is 6.37. The van der Waals surface area contributed by atoms with Crippen molar-refractivity contribution in [2.45, 2.75) is 26.2 Å². The van der Waals surface area contributed by atoms with Gasteiger partial charge in [0.15, 0.2) is 0 Å². The van der Waals surface area contributed by atoms with Gasteiger partial charge in [0.2, 0.25) is 0 Å². The Labute approximate surface area is 116 Å². The van der Waals surface area contributed by atoms with E-state index in [-0.39, 0.29) is 5.92 Å². The number of rotatable bonds is 6. The second-order valence-electron chi connectivity index (χ2n) is 4.40. The summed E-state index contributed by atoms with van der Waals surface area (Å²) in [6.45, 7) is 4.88. The molecular weight excluding hydrogens is 260 g/mol. The summed E-state index contributed by atoms with van der Waals surface area (Å²) in [5.74, 6) is 7.85. The van der Waals surface area contributed by atoms with E-state index in [9.17, 15) is 0 Å². The monoisotopic (exact) mass is 278 g/mol. The fourth-order valence-electron chi connectivity index (χ4n) is 1.56. The molecule has 0 atom stereocenters. The number of nitrogen functional groups attached to an aromatic ring is 1. The van der Waals surface area contributed by atoms with Gasteiger partial charge < -0.3 is 10.7 Å². The average molecular weight is 278 g/mol. The van der Waals surface area contributed by atoms with Crippen molar-refractivity contribution in [3.63, 3.8) is 0 Å². The van der Waals surface area contributed by atoms with E-state index in [1.54, 1.807) is 17.4 Å². The summed E-state index contributed by atoms with van der Waals surface area (Å²) in [6, 6.07) is 1.80. The molecule has 0 saturated carbocycles. The van der Waals surface area contributed by atoms with Crippen LogP contribution < -0.4 is 16.6 Å². The molecule has 0 spiro atoms. The average Bonchev–Trinajstić information content (AvgIpc) is 2.91. The number of hydrogen-bond donors (Lipinski definition) is 3. The highest BCUT2D eigenvalue weighted by Gasteiger charge is 2.07. The zero-order valence-electron chi connectivity index (χ0n) is 11.1. The van der Waals surface area contributed by atoms with E-state index in [1.807, 2.05) is 11.6 Å². The molecule has 0 radical (unpaired) electrons. The van der Waals surface area contributed by atoms with Crippen LogP contribution in [0.3, 0.4) is 0 Å². The molecule has 6 nitrogen and oxygen atoms in total. The molecule has 7 heteroatoms. The Morgan fingerprint density at radius 3 is 2.74 bits per heavy atom. The third kappa shape index (κ3) is 3.87. The lowest BCUT2D eigenvalue weighted by Gasteiger charge is -2.10. The number of hydrazine groups is 1. The zero-order chi connectivity index (χ0) is 13.7. The van der Waals surface area contributed by atoms with Gasteiger partial charge in [-0.1, -0.05) is 13.8 Å². The molecule has 0 fully saturated rings. The van der Waals surface area contributed by atoms with Gasteiger partial charge in [0.05, 0.1) is 5.01 Å². The Morgan fingerprint density at radius 2 is 2.11 bits per heavy atom.